The highest BCUT2D eigenvalue weighted by Crippen LogP contribution is 2.28. The first-order chi connectivity index (χ1) is 8.95. The first kappa shape index (κ1) is 15.5. The average molecular weight is 284 g/mol. The lowest BCUT2D eigenvalue weighted by molar-refractivity contribution is -0.127. The van der Waals surface area contributed by atoms with Crippen molar-refractivity contribution in [1.82, 2.24) is 5.32 Å². The number of halogens is 1. The van der Waals surface area contributed by atoms with Gasteiger partial charge in [-0.15, -0.1) is 0 Å². The fourth-order valence-electron chi connectivity index (χ4n) is 1.42. The summed E-state index contributed by atoms with van der Waals surface area (Å²) in [4.78, 5) is 22.7. The summed E-state index contributed by atoms with van der Waals surface area (Å²) >= 11 is 5.97. The molecule has 0 heterocycles. The molecular weight excluding hydrogens is 266 g/mol. The number of benzene rings is 1. The molecule has 0 aromatic heterocycles. The summed E-state index contributed by atoms with van der Waals surface area (Å²) in [5.41, 5.74) is 0.330. The van der Waals surface area contributed by atoms with Gasteiger partial charge in [0.1, 0.15) is 5.75 Å². The van der Waals surface area contributed by atoms with Crippen LogP contribution in [-0.4, -0.2) is 24.8 Å². The summed E-state index contributed by atoms with van der Waals surface area (Å²) in [5.74, 6) is 0.374. The Labute approximate surface area is 118 Å². The maximum atomic E-state index is 11.8. The molecule has 1 N–H and O–H groups in total. The van der Waals surface area contributed by atoms with Crippen molar-refractivity contribution in [2.75, 3.05) is 6.54 Å². The maximum Gasteiger partial charge on any atom is 0.260 e. The minimum atomic E-state index is -0.711. The number of nitrogens with one attached hydrogen (secondary N) is 1. The lowest BCUT2D eigenvalue weighted by Gasteiger charge is -2.17. The number of aldehydes is 1. The maximum absolute atomic E-state index is 11.8. The molecule has 1 aromatic carbocycles. The zero-order valence-corrected chi connectivity index (χ0v) is 12.0. The highest BCUT2D eigenvalue weighted by Gasteiger charge is 2.18. The molecule has 1 amide bonds. The van der Waals surface area contributed by atoms with Gasteiger partial charge in [0.2, 0.25) is 0 Å². The van der Waals surface area contributed by atoms with E-state index in [9.17, 15) is 9.59 Å². The van der Waals surface area contributed by atoms with Gasteiger partial charge in [0.25, 0.3) is 5.91 Å². The number of rotatable bonds is 6. The van der Waals surface area contributed by atoms with E-state index in [2.05, 4.69) is 5.32 Å². The fourth-order valence-corrected chi connectivity index (χ4v) is 1.65. The number of hydrogen-bond acceptors (Lipinski definition) is 3. The third kappa shape index (κ3) is 4.56. The minimum Gasteiger partial charge on any atom is -0.479 e. The van der Waals surface area contributed by atoms with E-state index in [4.69, 9.17) is 16.3 Å². The molecule has 4 nitrogen and oxygen atoms in total. The first-order valence-corrected chi connectivity index (χ1v) is 6.51. The van der Waals surface area contributed by atoms with E-state index in [0.29, 0.717) is 29.3 Å². The van der Waals surface area contributed by atoms with Crippen LogP contribution in [0.4, 0.5) is 0 Å². The lowest BCUT2D eigenvalue weighted by Crippen LogP contribution is -2.38. The number of carbonyl (C=O) groups excluding carboxylic acids is 2. The van der Waals surface area contributed by atoms with Crippen molar-refractivity contribution in [2.24, 2.45) is 5.92 Å². The Morgan fingerprint density at radius 1 is 1.42 bits per heavy atom. The molecule has 1 aromatic rings. The van der Waals surface area contributed by atoms with Gasteiger partial charge in [0.05, 0.1) is 10.6 Å². The molecule has 0 radical (unpaired) electrons. The quantitative estimate of drug-likeness (QED) is 0.817. The van der Waals surface area contributed by atoms with Crippen molar-refractivity contribution in [2.45, 2.75) is 26.9 Å². The van der Waals surface area contributed by atoms with Gasteiger partial charge in [0.15, 0.2) is 12.4 Å². The summed E-state index contributed by atoms with van der Waals surface area (Å²) in [6.45, 7) is 6.21. The molecule has 5 heteroatoms. The Morgan fingerprint density at radius 3 is 2.68 bits per heavy atom. The fraction of sp³-hybridized carbons (Fsp3) is 0.429. The van der Waals surface area contributed by atoms with Gasteiger partial charge in [-0.1, -0.05) is 31.5 Å². The van der Waals surface area contributed by atoms with E-state index in [0.717, 1.165) is 0 Å². The van der Waals surface area contributed by atoms with E-state index in [-0.39, 0.29) is 11.7 Å². The zero-order chi connectivity index (χ0) is 14.4. The van der Waals surface area contributed by atoms with Crippen LogP contribution in [-0.2, 0) is 4.79 Å². The third-order valence-corrected chi connectivity index (χ3v) is 2.77. The van der Waals surface area contributed by atoms with Gasteiger partial charge in [-0.05, 0) is 25.0 Å². The molecule has 0 aliphatic carbocycles. The van der Waals surface area contributed by atoms with Gasteiger partial charge >= 0.3 is 0 Å². The topological polar surface area (TPSA) is 55.4 Å². The largest absolute Gasteiger partial charge is 0.479 e. The van der Waals surface area contributed by atoms with Gasteiger partial charge in [-0.2, -0.15) is 0 Å². The van der Waals surface area contributed by atoms with Crippen molar-refractivity contribution < 1.29 is 14.3 Å². The summed E-state index contributed by atoms with van der Waals surface area (Å²) in [6, 6.07) is 4.86. The van der Waals surface area contributed by atoms with Crippen molar-refractivity contribution in [1.29, 1.82) is 0 Å². The van der Waals surface area contributed by atoms with Crippen LogP contribution in [0.15, 0.2) is 18.2 Å². The number of amides is 1. The highest BCUT2D eigenvalue weighted by molar-refractivity contribution is 6.32. The average Bonchev–Trinajstić information content (AvgIpc) is 2.37. The lowest BCUT2D eigenvalue weighted by atomic mass is 10.2. The summed E-state index contributed by atoms with van der Waals surface area (Å²) in [5, 5.41) is 3.08. The van der Waals surface area contributed by atoms with Crippen LogP contribution in [0, 0.1) is 5.92 Å². The molecule has 0 bridgehead atoms. The molecule has 0 spiro atoms. The standard InChI is InChI=1S/C14H18ClNO3/c1-9(2)7-16-14(18)10(3)19-13-11(8-17)5-4-6-12(13)15/h4-6,8-10H,7H2,1-3H3,(H,16,18). The minimum absolute atomic E-state index is 0.231. The van der Waals surface area contributed by atoms with Crippen molar-refractivity contribution in [3.8, 4) is 5.75 Å². The number of hydrogen-bond donors (Lipinski definition) is 1. The predicted molar refractivity (Wildman–Crippen MR) is 74.8 cm³/mol. The van der Waals surface area contributed by atoms with Crippen molar-refractivity contribution >= 4 is 23.8 Å². The molecule has 0 aliphatic heterocycles. The van der Waals surface area contributed by atoms with Crippen LogP contribution >= 0.6 is 11.6 Å². The van der Waals surface area contributed by atoms with Crippen molar-refractivity contribution in [3.05, 3.63) is 28.8 Å². The Bertz CT molecular complexity index is 460. The second-order valence-electron chi connectivity index (χ2n) is 4.68. The molecule has 1 rings (SSSR count). The van der Waals surface area contributed by atoms with Crippen LogP contribution in [0.2, 0.25) is 5.02 Å². The summed E-state index contributed by atoms with van der Waals surface area (Å²) < 4.78 is 5.49. The Hall–Kier alpha value is -1.55. The van der Waals surface area contributed by atoms with E-state index in [1.54, 1.807) is 25.1 Å². The number of ether oxygens (including phenoxy) is 1. The number of para-hydroxylation sites is 1. The molecule has 19 heavy (non-hydrogen) atoms. The van der Waals surface area contributed by atoms with E-state index >= 15 is 0 Å². The second-order valence-corrected chi connectivity index (χ2v) is 5.08. The van der Waals surface area contributed by atoms with Gasteiger partial charge in [-0.3, -0.25) is 9.59 Å². The zero-order valence-electron chi connectivity index (χ0n) is 11.3. The normalized spacial score (nSPS) is 12.1. The molecule has 0 fully saturated rings. The summed E-state index contributed by atoms with van der Waals surface area (Å²) in [6.07, 6.45) is -0.0581. The number of carbonyl (C=O) groups is 2. The van der Waals surface area contributed by atoms with Gasteiger partial charge in [0, 0.05) is 6.54 Å². The van der Waals surface area contributed by atoms with E-state index in [1.807, 2.05) is 13.8 Å². The van der Waals surface area contributed by atoms with E-state index < -0.39 is 6.10 Å². The molecule has 1 unspecified atom stereocenters. The van der Waals surface area contributed by atoms with Gasteiger partial charge < -0.3 is 10.1 Å². The van der Waals surface area contributed by atoms with Crippen LogP contribution in [0.1, 0.15) is 31.1 Å². The van der Waals surface area contributed by atoms with Gasteiger partial charge in [-0.25, -0.2) is 0 Å². The predicted octanol–water partition coefficient (Wildman–Crippen LogP) is 2.69. The Morgan fingerprint density at radius 2 is 2.11 bits per heavy atom. The van der Waals surface area contributed by atoms with Crippen LogP contribution < -0.4 is 10.1 Å². The summed E-state index contributed by atoms with van der Waals surface area (Å²) in [7, 11) is 0. The molecule has 0 saturated carbocycles. The molecular formula is C14H18ClNO3. The van der Waals surface area contributed by atoms with E-state index in [1.165, 1.54) is 0 Å². The van der Waals surface area contributed by atoms with Crippen LogP contribution in [0.25, 0.3) is 0 Å². The molecule has 0 saturated heterocycles. The first-order valence-electron chi connectivity index (χ1n) is 6.13. The van der Waals surface area contributed by atoms with Crippen LogP contribution in [0.3, 0.4) is 0 Å². The monoisotopic (exact) mass is 283 g/mol. The molecule has 0 aliphatic rings. The SMILES string of the molecule is CC(C)CNC(=O)C(C)Oc1c(Cl)cccc1C=O. The van der Waals surface area contributed by atoms with Crippen molar-refractivity contribution in [3.63, 3.8) is 0 Å². The smallest absolute Gasteiger partial charge is 0.260 e. The molecule has 104 valence electrons. The Kier molecular flexibility index (Phi) is 5.83. The Balaban J connectivity index is 2.74. The highest BCUT2D eigenvalue weighted by atomic mass is 35.5. The second kappa shape index (κ2) is 7.14. The van der Waals surface area contributed by atoms with Crippen LogP contribution in [0.5, 0.6) is 5.75 Å². The molecule has 1 atom stereocenters. The third-order valence-electron chi connectivity index (χ3n) is 2.47.